The maximum atomic E-state index is 12.2. The normalized spacial score (nSPS) is 10.2. The van der Waals surface area contributed by atoms with Crippen LogP contribution in [0.15, 0.2) is 24.3 Å². The summed E-state index contributed by atoms with van der Waals surface area (Å²) in [5, 5.41) is 8.96. The number of carbonyl (C=O) groups excluding carboxylic acids is 1. The van der Waals surface area contributed by atoms with Crippen LogP contribution >= 0.6 is 0 Å². The van der Waals surface area contributed by atoms with Gasteiger partial charge in [-0.2, -0.15) is 0 Å². The van der Waals surface area contributed by atoms with E-state index in [0.717, 1.165) is 25.7 Å². The van der Waals surface area contributed by atoms with Crippen molar-refractivity contribution in [3.8, 4) is 0 Å². The molecule has 5 nitrogen and oxygen atoms in total. The van der Waals surface area contributed by atoms with Gasteiger partial charge in [-0.15, -0.1) is 0 Å². The third-order valence-corrected chi connectivity index (χ3v) is 3.07. The van der Waals surface area contributed by atoms with E-state index in [2.05, 4.69) is 6.92 Å². The quantitative estimate of drug-likeness (QED) is 0.565. The molecule has 0 saturated carbocycles. The van der Waals surface area contributed by atoms with Crippen molar-refractivity contribution in [2.45, 2.75) is 39.0 Å². The van der Waals surface area contributed by atoms with Crippen LogP contribution in [0.4, 0.5) is 11.4 Å². The van der Waals surface area contributed by atoms with Gasteiger partial charge < -0.3 is 10.8 Å². The van der Waals surface area contributed by atoms with Gasteiger partial charge in [-0.3, -0.25) is 14.5 Å². The van der Waals surface area contributed by atoms with Crippen LogP contribution in [-0.2, 0) is 9.59 Å². The van der Waals surface area contributed by atoms with E-state index in [-0.39, 0.29) is 12.5 Å². The van der Waals surface area contributed by atoms with Crippen molar-refractivity contribution in [1.82, 2.24) is 0 Å². The second-order valence-corrected chi connectivity index (χ2v) is 4.74. The fourth-order valence-corrected chi connectivity index (χ4v) is 2.01. The van der Waals surface area contributed by atoms with Gasteiger partial charge in [-0.25, -0.2) is 0 Å². The lowest BCUT2D eigenvalue weighted by Crippen LogP contribution is -2.36. The molecule has 0 saturated heterocycles. The lowest BCUT2D eigenvalue weighted by molar-refractivity contribution is -0.136. The standard InChI is InChI=1S/C15H22N2O3/c1-2-3-4-5-10-14(18)17(11-15(19)20)13-9-7-6-8-12(13)16/h6-9H,2-5,10-11,16H2,1H3,(H,19,20). The minimum absolute atomic E-state index is 0.193. The number of carboxylic acids is 1. The molecule has 1 rings (SSSR count). The number of amides is 1. The molecule has 0 radical (unpaired) electrons. The molecule has 0 aliphatic carbocycles. The summed E-state index contributed by atoms with van der Waals surface area (Å²) in [4.78, 5) is 24.4. The topological polar surface area (TPSA) is 83.6 Å². The third-order valence-electron chi connectivity index (χ3n) is 3.07. The molecule has 110 valence electrons. The Kier molecular flexibility index (Phi) is 6.56. The summed E-state index contributed by atoms with van der Waals surface area (Å²) in [6.07, 6.45) is 4.28. The minimum Gasteiger partial charge on any atom is -0.480 e. The third kappa shape index (κ3) is 4.91. The van der Waals surface area contributed by atoms with Gasteiger partial charge in [0.15, 0.2) is 0 Å². The predicted molar refractivity (Wildman–Crippen MR) is 79.6 cm³/mol. The Morgan fingerprint density at radius 1 is 1.20 bits per heavy atom. The van der Waals surface area contributed by atoms with Gasteiger partial charge in [0, 0.05) is 6.42 Å². The van der Waals surface area contributed by atoms with E-state index < -0.39 is 5.97 Å². The Morgan fingerprint density at radius 3 is 2.50 bits per heavy atom. The smallest absolute Gasteiger partial charge is 0.323 e. The van der Waals surface area contributed by atoms with E-state index in [1.54, 1.807) is 24.3 Å². The highest BCUT2D eigenvalue weighted by Gasteiger charge is 2.19. The summed E-state index contributed by atoms with van der Waals surface area (Å²) in [5.41, 5.74) is 6.71. The molecule has 0 unspecified atom stereocenters. The molecule has 0 aliphatic rings. The fourth-order valence-electron chi connectivity index (χ4n) is 2.01. The number of para-hydroxylation sites is 2. The minimum atomic E-state index is -1.05. The van der Waals surface area contributed by atoms with Crippen LogP contribution in [0.1, 0.15) is 39.0 Å². The maximum Gasteiger partial charge on any atom is 0.323 e. The first-order valence-electron chi connectivity index (χ1n) is 6.93. The zero-order valence-electron chi connectivity index (χ0n) is 11.8. The fraction of sp³-hybridized carbons (Fsp3) is 0.467. The first-order chi connectivity index (χ1) is 9.56. The Bertz CT molecular complexity index is 460. The van der Waals surface area contributed by atoms with Crippen molar-refractivity contribution in [3.05, 3.63) is 24.3 Å². The molecular weight excluding hydrogens is 256 g/mol. The first-order valence-corrected chi connectivity index (χ1v) is 6.93. The summed E-state index contributed by atoms with van der Waals surface area (Å²) in [5.74, 6) is -1.24. The van der Waals surface area contributed by atoms with E-state index in [4.69, 9.17) is 10.8 Å². The number of anilines is 2. The molecular formula is C15H22N2O3. The number of nitrogen functional groups attached to an aromatic ring is 1. The van der Waals surface area contributed by atoms with E-state index >= 15 is 0 Å². The number of hydrogen-bond donors (Lipinski definition) is 2. The van der Waals surface area contributed by atoms with Gasteiger partial charge in [-0.05, 0) is 18.6 Å². The number of hydrogen-bond acceptors (Lipinski definition) is 3. The van der Waals surface area contributed by atoms with Crippen LogP contribution in [0.25, 0.3) is 0 Å². The van der Waals surface area contributed by atoms with Crippen LogP contribution in [0, 0.1) is 0 Å². The van der Waals surface area contributed by atoms with Gasteiger partial charge in [0.05, 0.1) is 11.4 Å². The SMILES string of the molecule is CCCCCCC(=O)N(CC(=O)O)c1ccccc1N. The van der Waals surface area contributed by atoms with Gasteiger partial charge in [0.25, 0.3) is 0 Å². The molecule has 3 N–H and O–H groups in total. The number of rotatable bonds is 8. The van der Waals surface area contributed by atoms with Crippen molar-refractivity contribution in [3.63, 3.8) is 0 Å². The van der Waals surface area contributed by atoms with Crippen molar-refractivity contribution < 1.29 is 14.7 Å². The Balaban J connectivity index is 2.76. The summed E-state index contributed by atoms with van der Waals surface area (Å²) in [6.45, 7) is 1.74. The molecule has 0 spiro atoms. The highest BCUT2D eigenvalue weighted by Crippen LogP contribution is 2.23. The number of benzene rings is 1. The number of aliphatic carboxylic acids is 1. The zero-order valence-corrected chi connectivity index (χ0v) is 11.8. The van der Waals surface area contributed by atoms with Gasteiger partial charge in [0.2, 0.25) is 5.91 Å². The van der Waals surface area contributed by atoms with E-state index in [1.807, 2.05) is 0 Å². The molecule has 20 heavy (non-hydrogen) atoms. The molecule has 0 fully saturated rings. The second kappa shape index (κ2) is 8.19. The van der Waals surface area contributed by atoms with Crippen LogP contribution in [0.3, 0.4) is 0 Å². The average molecular weight is 278 g/mol. The average Bonchev–Trinajstić information content (AvgIpc) is 2.41. The van der Waals surface area contributed by atoms with E-state index in [9.17, 15) is 9.59 Å². The molecule has 0 atom stereocenters. The van der Waals surface area contributed by atoms with Crippen molar-refractivity contribution in [2.75, 3.05) is 17.2 Å². The molecule has 0 aromatic heterocycles. The molecule has 0 bridgehead atoms. The zero-order chi connectivity index (χ0) is 15.0. The molecule has 1 aromatic rings. The van der Waals surface area contributed by atoms with Gasteiger partial charge >= 0.3 is 5.97 Å². The maximum absolute atomic E-state index is 12.2. The summed E-state index contributed by atoms with van der Waals surface area (Å²) in [6, 6.07) is 6.82. The largest absolute Gasteiger partial charge is 0.480 e. The first kappa shape index (κ1) is 16.0. The highest BCUT2D eigenvalue weighted by atomic mass is 16.4. The molecule has 1 aromatic carbocycles. The monoisotopic (exact) mass is 278 g/mol. The summed E-state index contributed by atoms with van der Waals surface area (Å²) >= 11 is 0. The van der Waals surface area contributed by atoms with E-state index in [0.29, 0.717) is 17.8 Å². The lowest BCUT2D eigenvalue weighted by Gasteiger charge is -2.22. The van der Waals surface area contributed by atoms with Crippen LogP contribution in [0.2, 0.25) is 0 Å². The molecule has 5 heteroatoms. The lowest BCUT2D eigenvalue weighted by atomic mass is 10.1. The summed E-state index contributed by atoms with van der Waals surface area (Å²) in [7, 11) is 0. The van der Waals surface area contributed by atoms with Crippen molar-refractivity contribution in [1.29, 1.82) is 0 Å². The Hall–Kier alpha value is -2.04. The summed E-state index contributed by atoms with van der Waals surface area (Å²) < 4.78 is 0. The predicted octanol–water partition coefficient (Wildman–Crippen LogP) is 2.66. The van der Waals surface area contributed by atoms with Crippen molar-refractivity contribution in [2.24, 2.45) is 0 Å². The van der Waals surface area contributed by atoms with Gasteiger partial charge in [0.1, 0.15) is 6.54 Å². The van der Waals surface area contributed by atoms with Crippen LogP contribution in [-0.4, -0.2) is 23.5 Å². The Labute approximate surface area is 119 Å². The highest BCUT2D eigenvalue weighted by molar-refractivity contribution is 5.99. The van der Waals surface area contributed by atoms with Crippen molar-refractivity contribution >= 4 is 23.3 Å². The van der Waals surface area contributed by atoms with Crippen LogP contribution in [0.5, 0.6) is 0 Å². The number of nitrogens with two attached hydrogens (primary N) is 1. The molecule has 0 aliphatic heterocycles. The molecule has 0 heterocycles. The van der Waals surface area contributed by atoms with Crippen LogP contribution < -0.4 is 10.6 Å². The number of carboxylic acid groups (broad SMARTS) is 1. The Morgan fingerprint density at radius 2 is 1.90 bits per heavy atom. The van der Waals surface area contributed by atoms with E-state index in [1.165, 1.54) is 4.90 Å². The van der Waals surface area contributed by atoms with Gasteiger partial charge in [-0.1, -0.05) is 38.3 Å². The second-order valence-electron chi connectivity index (χ2n) is 4.74. The number of unbranched alkanes of at least 4 members (excludes halogenated alkanes) is 3. The number of nitrogens with zero attached hydrogens (tertiary/aromatic N) is 1. The molecule has 1 amide bonds. The number of carbonyl (C=O) groups is 2.